The van der Waals surface area contributed by atoms with Crippen molar-refractivity contribution >= 4 is 11.7 Å². The lowest BCUT2D eigenvalue weighted by molar-refractivity contribution is 0.0674. The molecule has 0 bridgehead atoms. The van der Waals surface area contributed by atoms with Gasteiger partial charge in [-0.2, -0.15) is 4.98 Å². The van der Waals surface area contributed by atoms with Crippen molar-refractivity contribution in [2.24, 2.45) is 0 Å². The van der Waals surface area contributed by atoms with Gasteiger partial charge in [0.1, 0.15) is 5.75 Å². The Morgan fingerprint density at radius 2 is 1.82 bits per heavy atom. The molecule has 1 fully saturated rings. The van der Waals surface area contributed by atoms with Crippen LogP contribution in [-0.2, 0) is 6.61 Å². The number of piperazine rings is 1. The molecule has 5 rings (SSSR count). The number of methoxy groups -OCH3 is 1. The summed E-state index contributed by atoms with van der Waals surface area (Å²) in [6.07, 6.45) is 1.67. The molecule has 3 N–H and O–H groups in total. The maximum Gasteiger partial charge on any atom is 0.261 e. The summed E-state index contributed by atoms with van der Waals surface area (Å²) in [6.45, 7) is 5.60. The third kappa shape index (κ3) is 5.45. The Labute approximate surface area is 220 Å². The highest BCUT2D eigenvalue weighted by Gasteiger charge is 2.25. The Morgan fingerprint density at radius 1 is 1.08 bits per heavy atom. The van der Waals surface area contributed by atoms with E-state index in [0.29, 0.717) is 47.4 Å². The number of anilines is 1. The molecule has 0 aliphatic carbocycles. The van der Waals surface area contributed by atoms with Crippen LogP contribution in [0.25, 0.3) is 22.6 Å². The number of nitrogens with zero attached hydrogens (tertiary/aromatic N) is 4. The molecule has 2 unspecified atom stereocenters. The second-order valence-corrected chi connectivity index (χ2v) is 9.37. The van der Waals surface area contributed by atoms with Gasteiger partial charge in [-0.3, -0.25) is 4.79 Å². The zero-order valence-corrected chi connectivity index (χ0v) is 21.5. The number of nitrogens with one attached hydrogen (secondary N) is 1. The molecule has 4 aromatic rings. The fourth-order valence-electron chi connectivity index (χ4n) is 4.59. The lowest BCUT2D eigenvalue weighted by Gasteiger charge is -2.36. The van der Waals surface area contributed by atoms with Crippen molar-refractivity contribution in [2.45, 2.75) is 32.5 Å². The lowest BCUT2D eigenvalue weighted by atomic mass is 10.0. The first kappa shape index (κ1) is 25.2. The van der Waals surface area contributed by atoms with Crippen LogP contribution < -0.4 is 20.5 Å². The summed E-state index contributed by atoms with van der Waals surface area (Å²) < 4.78 is 16.6. The minimum absolute atomic E-state index is 0.0313. The minimum Gasteiger partial charge on any atom is -0.496 e. The summed E-state index contributed by atoms with van der Waals surface area (Å²) >= 11 is 0. The third-order valence-electron chi connectivity index (χ3n) is 6.35. The average molecular weight is 515 g/mol. The second kappa shape index (κ2) is 10.9. The van der Waals surface area contributed by atoms with E-state index in [1.165, 1.54) is 0 Å². The molecule has 0 radical (unpaired) electrons. The number of hydrogen-bond donors (Lipinski definition) is 2. The van der Waals surface area contributed by atoms with Crippen LogP contribution in [0.3, 0.4) is 0 Å². The van der Waals surface area contributed by atoms with Gasteiger partial charge in [0.15, 0.2) is 18.2 Å². The van der Waals surface area contributed by atoms with Gasteiger partial charge >= 0.3 is 0 Å². The molecule has 38 heavy (non-hydrogen) atoms. The number of carbonyl (C=O) groups excluding carboxylic acids is 1. The van der Waals surface area contributed by atoms with E-state index >= 15 is 0 Å². The largest absolute Gasteiger partial charge is 0.496 e. The fourth-order valence-corrected chi connectivity index (χ4v) is 4.59. The van der Waals surface area contributed by atoms with Crippen molar-refractivity contribution in [3.8, 4) is 34.1 Å². The number of amides is 1. The van der Waals surface area contributed by atoms with Crippen molar-refractivity contribution in [2.75, 3.05) is 25.9 Å². The predicted octanol–water partition coefficient (Wildman–Crippen LogP) is 3.79. The summed E-state index contributed by atoms with van der Waals surface area (Å²) in [6, 6.07) is 17.2. The summed E-state index contributed by atoms with van der Waals surface area (Å²) in [5, 5.41) is 7.45. The number of para-hydroxylation sites is 1. The van der Waals surface area contributed by atoms with Gasteiger partial charge in [0.25, 0.3) is 11.8 Å². The van der Waals surface area contributed by atoms with E-state index in [0.717, 1.165) is 11.1 Å². The molecule has 1 saturated heterocycles. The number of carbonyl (C=O) groups is 1. The molecule has 0 saturated carbocycles. The third-order valence-corrected chi connectivity index (χ3v) is 6.35. The van der Waals surface area contributed by atoms with E-state index in [2.05, 4.69) is 34.3 Å². The number of ether oxygens (including phenoxy) is 2. The highest BCUT2D eigenvalue weighted by molar-refractivity contribution is 5.95. The molecule has 10 heteroatoms. The molecular formula is C28H30N6O4. The van der Waals surface area contributed by atoms with E-state index < -0.39 is 0 Å². The highest BCUT2D eigenvalue weighted by atomic mass is 16.5. The lowest BCUT2D eigenvalue weighted by Crippen LogP contribution is -2.55. The van der Waals surface area contributed by atoms with Gasteiger partial charge < -0.3 is 29.9 Å². The van der Waals surface area contributed by atoms with E-state index in [1.807, 2.05) is 53.4 Å². The van der Waals surface area contributed by atoms with Crippen LogP contribution in [0.2, 0.25) is 0 Å². The molecule has 1 amide bonds. The van der Waals surface area contributed by atoms with Crippen LogP contribution in [0, 0.1) is 0 Å². The Bertz CT molecular complexity index is 1410. The summed E-state index contributed by atoms with van der Waals surface area (Å²) in [5.41, 5.74) is 9.10. The molecule has 10 nitrogen and oxygen atoms in total. The number of nitrogens with two attached hydrogens (primary N) is 1. The zero-order chi connectivity index (χ0) is 26.6. The van der Waals surface area contributed by atoms with Gasteiger partial charge in [-0.25, -0.2) is 4.98 Å². The Balaban J connectivity index is 1.27. The summed E-state index contributed by atoms with van der Waals surface area (Å²) in [4.78, 5) is 23.6. The Kier molecular flexibility index (Phi) is 7.23. The zero-order valence-electron chi connectivity index (χ0n) is 21.5. The van der Waals surface area contributed by atoms with Gasteiger partial charge in [-0.05, 0) is 49.7 Å². The van der Waals surface area contributed by atoms with Crippen LogP contribution in [-0.4, -0.2) is 58.2 Å². The van der Waals surface area contributed by atoms with E-state index in [9.17, 15) is 4.79 Å². The molecule has 2 aromatic heterocycles. The molecule has 2 atom stereocenters. The topological polar surface area (TPSA) is 129 Å². The van der Waals surface area contributed by atoms with E-state index in [4.69, 9.17) is 19.7 Å². The maximum absolute atomic E-state index is 13.0. The number of aromatic nitrogens is 3. The van der Waals surface area contributed by atoms with Crippen molar-refractivity contribution < 1.29 is 18.8 Å². The average Bonchev–Trinajstić information content (AvgIpc) is 3.40. The van der Waals surface area contributed by atoms with Crippen molar-refractivity contribution in [1.82, 2.24) is 25.3 Å². The first-order valence-electron chi connectivity index (χ1n) is 12.4. The molecule has 1 aliphatic heterocycles. The number of benzene rings is 2. The molecule has 3 heterocycles. The predicted molar refractivity (Wildman–Crippen MR) is 143 cm³/mol. The summed E-state index contributed by atoms with van der Waals surface area (Å²) in [5.74, 6) is 2.00. The monoisotopic (exact) mass is 514 g/mol. The van der Waals surface area contributed by atoms with E-state index in [1.54, 1.807) is 19.4 Å². The van der Waals surface area contributed by atoms with Crippen LogP contribution in [0.1, 0.15) is 30.0 Å². The number of pyridine rings is 1. The number of hydrogen-bond acceptors (Lipinski definition) is 9. The quantitative estimate of drug-likeness (QED) is 0.378. The second-order valence-electron chi connectivity index (χ2n) is 9.37. The van der Waals surface area contributed by atoms with Gasteiger partial charge in [-0.15, -0.1) is 0 Å². The van der Waals surface area contributed by atoms with Crippen molar-refractivity contribution in [1.29, 1.82) is 0 Å². The Hall–Kier alpha value is -4.44. The van der Waals surface area contributed by atoms with Crippen LogP contribution in [0.15, 0.2) is 65.3 Å². The Morgan fingerprint density at radius 3 is 2.55 bits per heavy atom. The number of nitrogen functional groups attached to an aromatic ring is 1. The minimum atomic E-state index is 0.0313. The molecule has 0 spiro atoms. The van der Waals surface area contributed by atoms with Gasteiger partial charge in [0.2, 0.25) is 5.82 Å². The SMILES string of the molecule is COc1ccccc1-c1nc(COc2cc(-c3ccc(C(=O)N4CC(C)NC(C)C4)cc3)cnc2N)no1. The standard InChI is InChI=1S/C28H30N6O4/c1-17-14-34(15-18(2)31-17)28(35)20-10-8-19(9-11-20)21-12-24(26(29)30-13-21)37-16-25-32-27(38-33-25)22-6-4-5-7-23(22)36-3/h4-13,17-18,31H,14-16H2,1-3H3,(H2,29,30). The van der Waals surface area contributed by atoms with E-state index in [-0.39, 0.29) is 30.4 Å². The fraction of sp³-hybridized carbons (Fsp3) is 0.286. The van der Waals surface area contributed by atoms with Crippen molar-refractivity contribution in [3.63, 3.8) is 0 Å². The van der Waals surface area contributed by atoms with Gasteiger partial charge in [0, 0.05) is 42.5 Å². The first-order chi connectivity index (χ1) is 18.4. The molecule has 2 aromatic carbocycles. The summed E-state index contributed by atoms with van der Waals surface area (Å²) in [7, 11) is 1.58. The normalized spacial score (nSPS) is 17.3. The van der Waals surface area contributed by atoms with Gasteiger partial charge in [-0.1, -0.05) is 29.4 Å². The molecular weight excluding hydrogens is 484 g/mol. The van der Waals surface area contributed by atoms with Gasteiger partial charge in [0.05, 0.1) is 12.7 Å². The first-order valence-corrected chi connectivity index (χ1v) is 12.4. The van der Waals surface area contributed by atoms with Crippen LogP contribution in [0.4, 0.5) is 5.82 Å². The van der Waals surface area contributed by atoms with Crippen LogP contribution >= 0.6 is 0 Å². The molecule has 1 aliphatic rings. The highest BCUT2D eigenvalue weighted by Crippen LogP contribution is 2.30. The smallest absolute Gasteiger partial charge is 0.261 e. The molecule has 196 valence electrons. The maximum atomic E-state index is 13.0. The van der Waals surface area contributed by atoms with Crippen LogP contribution in [0.5, 0.6) is 11.5 Å². The van der Waals surface area contributed by atoms with Crippen molar-refractivity contribution in [3.05, 3.63) is 72.2 Å². The number of rotatable bonds is 7.